The molecule has 0 saturated carbocycles. The van der Waals surface area contributed by atoms with Crippen LogP contribution in [0.15, 0.2) is 72.8 Å². The molecule has 1 saturated heterocycles. The molecular formula is C30H31Cl2N3O3. The van der Waals surface area contributed by atoms with Crippen molar-refractivity contribution in [2.24, 2.45) is 0 Å². The largest absolute Gasteiger partial charge is 0.340 e. The van der Waals surface area contributed by atoms with Crippen LogP contribution in [0.3, 0.4) is 0 Å². The minimum Gasteiger partial charge on any atom is -0.340 e. The zero-order valence-corrected chi connectivity index (χ0v) is 23.0. The van der Waals surface area contributed by atoms with Crippen LogP contribution in [0, 0.1) is 0 Å². The molecule has 8 heteroatoms. The van der Waals surface area contributed by atoms with E-state index in [9.17, 15) is 14.4 Å². The summed E-state index contributed by atoms with van der Waals surface area (Å²) >= 11 is 12.3. The average molecular weight is 553 g/mol. The first kappa shape index (κ1) is 27.7. The van der Waals surface area contributed by atoms with Crippen LogP contribution in [0.4, 0.5) is 0 Å². The third-order valence-electron chi connectivity index (χ3n) is 6.87. The van der Waals surface area contributed by atoms with Crippen LogP contribution in [0.5, 0.6) is 0 Å². The van der Waals surface area contributed by atoms with E-state index in [1.807, 2.05) is 49.4 Å². The van der Waals surface area contributed by atoms with E-state index in [1.165, 1.54) is 0 Å². The Bertz CT molecular complexity index is 1300. The summed E-state index contributed by atoms with van der Waals surface area (Å²) in [5.74, 6) is -0.659. The Balaban J connectivity index is 1.48. The van der Waals surface area contributed by atoms with Crippen LogP contribution in [-0.4, -0.2) is 59.2 Å². The normalized spacial score (nSPS) is 16.2. The minimum absolute atomic E-state index is 0.171. The van der Waals surface area contributed by atoms with Crippen LogP contribution in [-0.2, 0) is 17.6 Å². The molecule has 0 radical (unpaired) electrons. The highest BCUT2D eigenvalue weighted by Gasteiger charge is 2.34. The van der Waals surface area contributed by atoms with Crippen molar-refractivity contribution in [1.29, 1.82) is 0 Å². The van der Waals surface area contributed by atoms with Gasteiger partial charge in [0, 0.05) is 42.7 Å². The molecular weight excluding hydrogens is 521 g/mol. The fraction of sp³-hybridized carbons (Fsp3) is 0.300. The standard InChI is InChI=1S/C30H31Cl2N3O3/c1-3-21-9-11-23(12-10-21)28(36)33-27(17-22-7-5-4-6-8-22)30(38)34-15-16-35(20(2)19-34)29(37)25-14-13-24(31)18-26(25)32/h4-14,18,20,27H,3,15-17,19H2,1-2H3,(H,33,36)/t20-,27-/m0/s1. The maximum atomic E-state index is 13.7. The fourth-order valence-corrected chi connectivity index (χ4v) is 5.17. The number of carbonyl (C=O) groups is 3. The van der Waals surface area contributed by atoms with E-state index in [1.54, 1.807) is 40.1 Å². The number of nitrogens with zero attached hydrogens (tertiary/aromatic N) is 2. The van der Waals surface area contributed by atoms with Gasteiger partial charge in [0.15, 0.2) is 0 Å². The number of amides is 3. The summed E-state index contributed by atoms with van der Waals surface area (Å²) in [6, 6.07) is 20.9. The second-order valence-corrected chi connectivity index (χ2v) is 10.4. The first-order valence-electron chi connectivity index (χ1n) is 12.7. The van der Waals surface area contributed by atoms with E-state index in [-0.39, 0.29) is 23.8 Å². The second kappa shape index (κ2) is 12.5. The predicted octanol–water partition coefficient (Wildman–Crippen LogP) is 5.27. The number of nitrogens with one attached hydrogen (secondary N) is 1. The van der Waals surface area contributed by atoms with Gasteiger partial charge in [-0.2, -0.15) is 0 Å². The van der Waals surface area contributed by atoms with Crippen LogP contribution in [0.2, 0.25) is 10.0 Å². The maximum absolute atomic E-state index is 13.7. The Morgan fingerprint density at radius 2 is 1.66 bits per heavy atom. The molecule has 2 atom stereocenters. The van der Waals surface area contributed by atoms with Crippen molar-refractivity contribution < 1.29 is 14.4 Å². The number of piperazine rings is 1. The Morgan fingerprint density at radius 1 is 0.947 bits per heavy atom. The number of carbonyl (C=O) groups excluding carboxylic acids is 3. The molecule has 1 fully saturated rings. The second-order valence-electron chi connectivity index (χ2n) is 9.52. The van der Waals surface area contributed by atoms with Gasteiger partial charge in [0.1, 0.15) is 6.04 Å². The lowest BCUT2D eigenvalue weighted by Crippen LogP contribution is -2.59. The zero-order chi connectivity index (χ0) is 27.2. The molecule has 0 unspecified atom stereocenters. The molecule has 0 aromatic heterocycles. The van der Waals surface area contributed by atoms with Gasteiger partial charge < -0.3 is 15.1 Å². The van der Waals surface area contributed by atoms with Crippen molar-refractivity contribution >= 4 is 40.9 Å². The summed E-state index contributed by atoms with van der Waals surface area (Å²) in [4.78, 5) is 43.4. The Kier molecular flexibility index (Phi) is 9.08. The van der Waals surface area contributed by atoms with Crippen molar-refractivity contribution in [2.45, 2.75) is 38.8 Å². The van der Waals surface area contributed by atoms with Crippen molar-refractivity contribution in [3.63, 3.8) is 0 Å². The lowest BCUT2D eigenvalue weighted by atomic mass is 10.0. The molecule has 6 nitrogen and oxygen atoms in total. The molecule has 1 N–H and O–H groups in total. The molecule has 0 aliphatic carbocycles. The molecule has 0 spiro atoms. The summed E-state index contributed by atoms with van der Waals surface area (Å²) in [7, 11) is 0. The summed E-state index contributed by atoms with van der Waals surface area (Å²) in [6.45, 7) is 5.02. The number of halogens is 2. The molecule has 198 valence electrons. The van der Waals surface area contributed by atoms with Crippen LogP contribution in [0.1, 0.15) is 45.7 Å². The van der Waals surface area contributed by atoms with Gasteiger partial charge in [-0.05, 0) is 54.8 Å². The smallest absolute Gasteiger partial charge is 0.255 e. The Hall–Kier alpha value is -3.35. The van der Waals surface area contributed by atoms with Gasteiger partial charge >= 0.3 is 0 Å². The monoisotopic (exact) mass is 551 g/mol. The highest BCUT2D eigenvalue weighted by molar-refractivity contribution is 6.36. The van der Waals surface area contributed by atoms with E-state index < -0.39 is 6.04 Å². The summed E-state index contributed by atoms with van der Waals surface area (Å²) in [5, 5.41) is 3.72. The highest BCUT2D eigenvalue weighted by atomic mass is 35.5. The number of hydrogen-bond acceptors (Lipinski definition) is 3. The summed E-state index contributed by atoms with van der Waals surface area (Å²) < 4.78 is 0. The van der Waals surface area contributed by atoms with Crippen molar-refractivity contribution in [1.82, 2.24) is 15.1 Å². The quantitative estimate of drug-likeness (QED) is 0.434. The lowest BCUT2D eigenvalue weighted by molar-refractivity contribution is -0.135. The van der Waals surface area contributed by atoms with E-state index in [2.05, 4.69) is 12.2 Å². The first-order valence-corrected chi connectivity index (χ1v) is 13.5. The van der Waals surface area contributed by atoms with Gasteiger partial charge in [-0.15, -0.1) is 0 Å². The van der Waals surface area contributed by atoms with Gasteiger partial charge in [-0.25, -0.2) is 0 Å². The van der Waals surface area contributed by atoms with Gasteiger partial charge in [0.2, 0.25) is 5.91 Å². The zero-order valence-electron chi connectivity index (χ0n) is 21.5. The molecule has 1 heterocycles. The van der Waals surface area contributed by atoms with Crippen molar-refractivity contribution in [3.05, 3.63) is 105 Å². The summed E-state index contributed by atoms with van der Waals surface area (Å²) in [5.41, 5.74) is 2.98. The van der Waals surface area contributed by atoms with E-state index in [0.29, 0.717) is 47.2 Å². The average Bonchev–Trinajstić information content (AvgIpc) is 2.92. The molecule has 1 aliphatic rings. The van der Waals surface area contributed by atoms with Crippen molar-refractivity contribution in [2.75, 3.05) is 19.6 Å². The van der Waals surface area contributed by atoms with Gasteiger partial charge in [-0.3, -0.25) is 14.4 Å². The summed E-state index contributed by atoms with van der Waals surface area (Å²) in [6.07, 6.45) is 1.25. The van der Waals surface area contributed by atoms with Gasteiger partial charge in [0.25, 0.3) is 11.8 Å². The minimum atomic E-state index is -0.740. The Morgan fingerprint density at radius 3 is 2.29 bits per heavy atom. The fourth-order valence-electron chi connectivity index (χ4n) is 4.68. The third kappa shape index (κ3) is 6.55. The van der Waals surface area contributed by atoms with Crippen LogP contribution < -0.4 is 5.32 Å². The van der Waals surface area contributed by atoms with E-state index >= 15 is 0 Å². The molecule has 0 bridgehead atoms. The molecule has 1 aliphatic heterocycles. The number of hydrogen-bond donors (Lipinski definition) is 1. The van der Waals surface area contributed by atoms with Crippen LogP contribution >= 0.6 is 23.2 Å². The maximum Gasteiger partial charge on any atom is 0.255 e. The van der Waals surface area contributed by atoms with E-state index in [4.69, 9.17) is 23.2 Å². The highest BCUT2D eigenvalue weighted by Crippen LogP contribution is 2.24. The van der Waals surface area contributed by atoms with Crippen molar-refractivity contribution in [3.8, 4) is 0 Å². The van der Waals surface area contributed by atoms with Crippen LogP contribution in [0.25, 0.3) is 0 Å². The number of aryl methyl sites for hydroxylation is 1. The van der Waals surface area contributed by atoms with Gasteiger partial charge in [0.05, 0.1) is 10.6 Å². The SMILES string of the molecule is CCc1ccc(C(=O)N[C@@H](Cc2ccccc2)C(=O)N2CCN(C(=O)c3ccc(Cl)cc3Cl)[C@@H](C)C2)cc1. The third-order valence-corrected chi connectivity index (χ3v) is 7.42. The lowest BCUT2D eigenvalue weighted by Gasteiger charge is -2.41. The molecule has 4 rings (SSSR count). The molecule has 3 aromatic carbocycles. The molecule has 38 heavy (non-hydrogen) atoms. The topological polar surface area (TPSA) is 69.7 Å². The number of benzene rings is 3. The van der Waals surface area contributed by atoms with Gasteiger partial charge in [-0.1, -0.05) is 72.6 Å². The molecule has 3 aromatic rings. The first-order chi connectivity index (χ1) is 18.3. The Labute approximate surface area is 233 Å². The predicted molar refractivity (Wildman–Crippen MR) is 151 cm³/mol. The number of rotatable bonds is 7. The van der Waals surface area contributed by atoms with E-state index in [0.717, 1.165) is 17.5 Å². The molecule has 3 amide bonds.